The summed E-state index contributed by atoms with van der Waals surface area (Å²) in [6.45, 7) is -0.0250. The Labute approximate surface area is 110 Å². The molecule has 3 amide bonds. The van der Waals surface area contributed by atoms with Gasteiger partial charge in [-0.2, -0.15) is 0 Å². The van der Waals surface area contributed by atoms with E-state index >= 15 is 0 Å². The van der Waals surface area contributed by atoms with Crippen LogP contribution in [-0.2, 0) is 4.79 Å². The van der Waals surface area contributed by atoms with Gasteiger partial charge in [-0.15, -0.1) is 0 Å². The topological polar surface area (TPSA) is 49.4 Å². The molecule has 0 radical (unpaired) electrons. The smallest absolute Gasteiger partial charge is 0.328 e. The van der Waals surface area contributed by atoms with Crippen molar-refractivity contribution in [2.75, 3.05) is 11.4 Å². The number of urea groups is 1. The van der Waals surface area contributed by atoms with Gasteiger partial charge in [0, 0.05) is 4.47 Å². The Morgan fingerprint density at radius 1 is 1.25 bits per heavy atom. The van der Waals surface area contributed by atoms with Crippen LogP contribution in [0.1, 0.15) is 0 Å². The second kappa shape index (κ2) is 4.24. The number of halogens is 3. The van der Waals surface area contributed by atoms with Gasteiger partial charge in [-0.05, 0) is 28.1 Å². The summed E-state index contributed by atoms with van der Waals surface area (Å²) in [5.41, 5.74) is 0.287. The standard InChI is InChI=1S/C9H5BrCl2N2O2/c10-4-1-2-5(8(12)7(4)11)14-6(15)3-13-9(14)16/h1-2H,3H2,(H,13,16). The zero-order chi connectivity index (χ0) is 11.9. The number of imide groups is 1. The molecule has 0 spiro atoms. The molecule has 0 bridgehead atoms. The minimum absolute atomic E-state index is 0.0250. The molecule has 1 aliphatic rings. The lowest BCUT2D eigenvalue weighted by atomic mass is 10.3. The summed E-state index contributed by atoms with van der Waals surface area (Å²) < 4.78 is 0.606. The molecule has 1 N–H and O–H groups in total. The number of benzene rings is 1. The monoisotopic (exact) mass is 322 g/mol. The van der Waals surface area contributed by atoms with E-state index in [1.54, 1.807) is 12.1 Å². The molecule has 1 aromatic carbocycles. The van der Waals surface area contributed by atoms with E-state index in [-0.39, 0.29) is 28.2 Å². The van der Waals surface area contributed by atoms with Crippen LogP contribution < -0.4 is 10.2 Å². The third kappa shape index (κ3) is 1.79. The van der Waals surface area contributed by atoms with Gasteiger partial charge < -0.3 is 5.32 Å². The molecule has 0 atom stereocenters. The molecule has 1 heterocycles. The lowest BCUT2D eigenvalue weighted by Crippen LogP contribution is -2.30. The molecule has 7 heteroatoms. The summed E-state index contributed by atoms with van der Waals surface area (Å²) in [7, 11) is 0. The van der Waals surface area contributed by atoms with Gasteiger partial charge in [0.25, 0.3) is 5.91 Å². The van der Waals surface area contributed by atoms with Gasteiger partial charge in [-0.1, -0.05) is 23.2 Å². The molecule has 16 heavy (non-hydrogen) atoms. The number of hydrogen-bond donors (Lipinski definition) is 1. The maximum absolute atomic E-state index is 11.5. The van der Waals surface area contributed by atoms with Gasteiger partial charge >= 0.3 is 6.03 Å². The van der Waals surface area contributed by atoms with Crippen LogP contribution in [0.15, 0.2) is 16.6 Å². The highest BCUT2D eigenvalue weighted by Crippen LogP contribution is 2.38. The van der Waals surface area contributed by atoms with Crippen LogP contribution in [0, 0.1) is 0 Å². The first-order valence-electron chi connectivity index (χ1n) is 4.26. The van der Waals surface area contributed by atoms with Gasteiger partial charge in [0.1, 0.15) is 0 Å². The normalized spacial score (nSPS) is 15.6. The van der Waals surface area contributed by atoms with E-state index in [1.165, 1.54) is 0 Å². The van der Waals surface area contributed by atoms with Crippen molar-refractivity contribution >= 4 is 56.8 Å². The quantitative estimate of drug-likeness (QED) is 0.638. The molecule has 0 unspecified atom stereocenters. The molecule has 1 aromatic rings. The first-order chi connectivity index (χ1) is 7.52. The third-order valence-electron chi connectivity index (χ3n) is 2.10. The first kappa shape index (κ1) is 11.7. The fourth-order valence-corrected chi connectivity index (χ4v) is 2.21. The van der Waals surface area contributed by atoms with E-state index in [1.807, 2.05) is 0 Å². The van der Waals surface area contributed by atoms with Gasteiger partial charge in [0.05, 0.1) is 22.3 Å². The zero-order valence-corrected chi connectivity index (χ0v) is 10.9. The van der Waals surface area contributed by atoms with Crippen molar-refractivity contribution in [2.24, 2.45) is 0 Å². The average molecular weight is 324 g/mol. The summed E-state index contributed by atoms with van der Waals surface area (Å²) in [4.78, 5) is 23.8. The van der Waals surface area contributed by atoms with Crippen LogP contribution in [0.2, 0.25) is 10.0 Å². The summed E-state index contributed by atoms with van der Waals surface area (Å²) in [5, 5.41) is 2.84. The van der Waals surface area contributed by atoms with E-state index in [9.17, 15) is 9.59 Å². The number of amides is 3. The molecule has 2 rings (SSSR count). The van der Waals surface area contributed by atoms with Crippen molar-refractivity contribution in [2.45, 2.75) is 0 Å². The molecular weight excluding hydrogens is 319 g/mol. The van der Waals surface area contributed by atoms with E-state index in [0.717, 1.165) is 4.90 Å². The Balaban J connectivity index is 2.52. The lowest BCUT2D eigenvalue weighted by Gasteiger charge is -2.15. The number of rotatable bonds is 1. The Kier molecular flexibility index (Phi) is 3.10. The van der Waals surface area contributed by atoms with Crippen molar-refractivity contribution in [1.29, 1.82) is 0 Å². The lowest BCUT2D eigenvalue weighted by molar-refractivity contribution is -0.115. The largest absolute Gasteiger partial charge is 0.329 e. The number of hydrogen-bond acceptors (Lipinski definition) is 2. The maximum atomic E-state index is 11.5. The van der Waals surface area contributed by atoms with Crippen molar-refractivity contribution < 1.29 is 9.59 Å². The van der Waals surface area contributed by atoms with Crippen LogP contribution >= 0.6 is 39.1 Å². The summed E-state index contributed by atoms with van der Waals surface area (Å²) in [6, 6.07) is 2.69. The molecule has 4 nitrogen and oxygen atoms in total. The van der Waals surface area contributed by atoms with E-state index < -0.39 is 6.03 Å². The van der Waals surface area contributed by atoms with Gasteiger partial charge in [-0.25, -0.2) is 9.69 Å². The highest BCUT2D eigenvalue weighted by molar-refractivity contribution is 9.10. The van der Waals surface area contributed by atoms with Crippen LogP contribution in [-0.4, -0.2) is 18.5 Å². The molecule has 0 saturated carbocycles. The molecule has 1 fully saturated rings. The van der Waals surface area contributed by atoms with E-state index in [0.29, 0.717) is 4.47 Å². The number of nitrogens with one attached hydrogen (secondary N) is 1. The minimum Gasteiger partial charge on any atom is -0.328 e. The number of anilines is 1. The molecular formula is C9H5BrCl2N2O2. The average Bonchev–Trinajstić information content (AvgIpc) is 2.57. The zero-order valence-electron chi connectivity index (χ0n) is 7.76. The molecule has 84 valence electrons. The Hall–Kier alpha value is -0.780. The SMILES string of the molecule is O=C1CNC(=O)N1c1ccc(Br)c(Cl)c1Cl. The summed E-state index contributed by atoms with van der Waals surface area (Å²) in [6.07, 6.45) is 0. The fourth-order valence-electron chi connectivity index (χ4n) is 1.35. The van der Waals surface area contributed by atoms with Crippen LogP contribution in [0.5, 0.6) is 0 Å². The van der Waals surface area contributed by atoms with E-state index in [4.69, 9.17) is 23.2 Å². The van der Waals surface area contributed by atoms with Crippen LogP contribution in [0.4, 0.5) is 10.5 Å². The van der Waals surface area contributed by atoms with Gasteiger partial charge in [0.15, 0.2) is 0 Å². The summed E-state index contributed by atoms with van der Waals surface area (Å²) in [5.74, 6) is -0.356. The van der Waals surface area contributed by atoms with Crippen LogP contribution in [0.3, 0.4) is 0 Å². The van der Waals surface area contributed by atoms with Crippen molar-refractivity contribution in [1.82, 2.24) is 5.32 Å². The Morgan fingerprint density at radius 3 is 2.50 bits per heavy atom. The molecule has 0 aromatic heterocycles. The molecule has 0 aliphatic carbocycles. The minimum atomic E-state index is -0.495. The second-order valence-electron chi connectivity index (χ2n) is 3.08. The fraction of sp³-hybridized carbons (Fsp3) is 0.111. The van der Waals surface area contributed by atoms with Crippen molar-refractivity contribution in [3.05, 3.63) is 26.7 Å². The first-order valence-corrected chi connectivity index (χ1v) is 5.81. The van der Waals surface area contributed by atoms with Crippen molar-refractivity contribution in [3.63, 3.8) is 0 Å². The maximum Gasteiger partial charge on any atom is 0.329 e. The third-order valence-corrected chi connectivity index (χ3v) is 3.86. The van der Waals surface area contributed by atoms with E-state index in [2.05, 4.69) is 21.2 Å². The highest BCUT2D eigenvalue weighted by Gasteiger charge is 2.32. The Morgan fingerprint density at radius 2 is 1.94 bits per heavy atom. The van der Waals surface area contributed by atoms with Crippen LogP contribution in [0.25, 0.3) is 0 Å². The van der Waals surface area contributed by atoms with Gasteiger partial charge in [-0.3, -0.25) is 4.79 Å². The number of carbonyl (C=O) groups excluding carboxylic acids is 2. The Bertz CT molecular complexity index is 477. The predicted octanol–water partition coefficient (Wildman–Crippen LogP) is 2.81. The number of nitrogens with zero attached hydrogens (tertiary/aromatic N) is 1. The molecule has 1 saturated heterocycles. The number of carbonyl (C=O) groups is 2. The van der Waals surface area contributed by atoms with Crippen molar-refractivity contribution in [3.8, 4) is 0 Å². The molecule has 1 aliphatic heterocycles. The highest BCUT2D eigenvalue weighted by atomic mass is 79.9. The second-order valence-corrected chi connectivity index (χ2v) is 4.69. The van der Waals surface area contributed by atoms with Gasteiger partial charge in [0.2, 0.25) is 0 Å². The predicted molar refractivity (Wildman–Crippen MR) is 65.0 cm³/mol. The summed E-state index contributed by atoms with van der Waals surface area (Å²) >= 11 is 15.1.